The molecule has 1 aromatic carbocycles. The molecule has 1 heterocycles. The van der Waals surface area contributed by atoms with Crippen molar-refractivity contribution in [2.24, 2.45) is 0 Å². The lowest BCUT2D eigenvalue weighted by Gasteiger charge is -2.33. The van der Waals surface area contributed by atoms with Gasteiger partial charge in [0.1, 0.15) is 0 Å². The zero-order valence-electron chi connectivity index (χ0n) is 13.3. The van der Waals surface area contributed by atoms with Gasteiger partial charge in [-0.1, -0.05) is 45.2 Å². The number of hydrogen-bond acceptors (Lipinski definition) is 2. The molecule has 0 bridgehead atoms. The van der Waals surface area contributed by atoms with E-state index in [4.69, 9.17) is 0 Å². The summed E-state index contributed by atoms with van der Waals surface area (Å²) in [5.74, 6) is -0.273. The van der Waals surface area contributed by atoms with Gasteiger partial charge in [0.2, 0.25) is 0 Å². The second-order valence-corrected chi connectivity index (χ2v) is 6.77. The third-order valence-corrected chi connectivity index (χ3v) is 5.08. The molecular formula is C19H23NO2. The molecule has 1 aromatic heterocycles. The van der Waals surface area contributed by atoms with Crippen molar-refractivity contribution in [3.8, 4) is 0 Å². The minimum Gasteiger partial charge on any atom is -0.481 e. The molecule has 0 radical (unpaired) electrons. The topological polar surface area (TPSA) is 50.2 Å². The summed E-state index contributed by atoms with van der Waals surface area (Å²) in [5.41, 5.74) is 1.45. The SMILES string of the molecule is CC(C)c1cncc2cc(C3(C(=O)O)CCCCC3)ccc12. The Kier molecular flexibility index (Phi) is 3.90. The predicted molar refractivity (Wildman–Crippen MR) is 88.2 cm³/mol. The van der Waals surface area contributed by atoms with E-state index >= 15 is 0 Å². The van der Waals surface area contributed by atoms with Crippen LogP contribution in [-0.2, 0) is 10.2 Å². The minimum absolute atomic E-state index is 0.408. The van der Waals surface area contributed by atoms with Gasteiger partial charge < -0.3 is 5.11 Å². The van der Waals surface area contributed by atoms with Gasteiger partial charge in [-0.15, -0.1) is 0 Å². The van der Waals surface area contributed by atoms with Gasteiger partial charge in [-0.25, -0.2) is 0 Å². The molecule has 2 aromatic rings. The Balaban J connectivity index is 2.13. The summed E-state index contributed by atoms with van der Waals surface area (Å²) in [4.78, 5) is 16.3. The average Bonchev–Trinajstić information content (AvgIpc) is 2.54. The highest BCUT2D eigenvalue weighted by Crippen LogP contribution is 2.41. The van der Waals surface area contributed by atoms with Crippen LogP contribution in [-0.4, -0.2) is 16.1 Å². The molecule has 0 atom stereocenters. The van der Waals surface area contributed by atoms with Crippen LogP contribution in [0.3, 0.4) is 0 Å². The van der Waals surface area contributed by atoms with E-state index in [1.165, 1.54) is 10.9 Å². The van der Waals surface area contributed by atoms with Gasteiger partial charge >= 0.3 is 5.97 Å². The van der Waals surface area contributed by atoms with E-state index in [1.807, 2.05) is 24.5 Å². The molecule has 0 spiro atoms. The zero-order valence-corrected chi connectivity index (χ0v) is 13.3. The molecule has 0 saturated heterocycles. The van der Waals surface area contributed by atoms with E-state index in [9.17, 15) is 9.90 Å². The van der Waals surface area contributed by atoms with Crippen molar-refractivity contribution < 1.29 is 9.90 Å². The Bertz CT molecular complexity index is 700. The smallest absolute Gasteiger partial charge is 0.314 e. The fraction of sp³-hybridized carbons (Fsp3) is 0.474. The molecule has 3 heteroatoms. The molecule has 1 saturated carbocycles. The van der Waals surface area contributed by atoms with E-state index in [0.717, 1.165) is 43.1 Å². The van der Waals surface area contributed by atoms with Crippen LogP contribution < -0.4 is 0 Å². The van der Waals surface area contributed by atoms with Gasteiger partial charge in [0.25, 0.3) is 0 Å². The second-order valence-electron chi connectivity index (χ2n) is 6.77. The molecule has 3 nitrogen and oxygen atoms in total. The lowest BCUT2D eigenvalue weighted by molar-refractivity contribution is -0.145. The Morgan fingerprint density at radius 3 is 2.55 bits per heavy atom. The fourth-order valence-corrected chi connectivity index (χ4v) is 3.74. The van der Waals surface area contributed by atoms with E-state index < -0.39 is 11.4 Å². The highest BCUT2D eigenvalue weighted by molar-refractivity contribution is 5.89. The molecule has 0 amide bonds. The maximum Gasteiger partial charge on any atom is 0.314 e. The number of carboxylic acids is 1. The van der Waals surface area contributed by atoms with Crippen LogP contribution in [0.15, 0.2) is 30.6 Å². The predicted octanol–water partition coefficient (Wildman–Crippen LogP) is 4.64. The Morgan fingerprint density at radius 2 is 1.91 bits per heavy atom. The largest absolute Gasteiger partial charge is 0.481 e. The maximum absolute atomic E-state index is 12.0. The molecule has 1 fully saturated rings. The number of aromatic nitrogens is 1. The molecule has 3 rings (SSSR count). The van der Waals surface area contributed by atoms with E-state index in [-0.39, 0.29) is 0 Å². The van der Waals surface area contributed by atoms with Gasteiger partial charge in [0.15, 0.2) is 0 Å². The van der Waals surface area contributed by atoms with Crippen LogP contribution in [0.5, 0.6) is 0 Å². The Hall–Kier alpha value is -1.90. The quantitative estimate of drug-likeness (QED) is 0.897. The molecule has 1 aliphatic rings. The number of carboxylic acid groups (broad SMARTS) is 1. The third-order valence-electron chi connectivity index (χ3n) is 5.08. The summed E-state index contributed by atoms with van der Waals surface area (Å²) in [7, 11) is 0. The maximum atomic E-state index is 12.0. The summed E-state index contributed by atoms with van der Waals surface area (Å²) < 4.78 is 0. The number of hydrogen-bond donors (Lipinski definition) is 1. The monoisotopic (exact) mass is 297 g/mol. The van der Waals surface area contributed by atoms with Gasteiger partial charge in [-0.2, -0.15) is 0 Å². The number of pyridine rings is 1. The lowest BCUT2D eigenvalue weighted by atomic mass is 9.69. The minimum atomic E-state index is -0.708. The van der Waals surface area contributed by atoms with Crippen molar-refractivity contribution in [2.75, 3.05) is 0 Å². The summed E-state index contributed by atoms with van der Waals surface area (Å²) in [6.07, 6.45) is 8.38. The summed E-state index contributed by atoms with van der Waals surface area (Å²) in [6.45, 7) is 4.31. The number of nitrogens with zero attached hydrogens (tertiary/aromatic N) is 1. The Labute approximate surface area is 131 Å². The normalized spacial score (nSPS) is 17.8. The first kappa shape index (κ1) is 15.0. The molecule has 116 valence electrons. The van der Waals surface area contributed by atoms with Crippen LogP contribution >= 0.6 is 0 Å². The highest BCUT2D eigenvalue weighted by atomic mass is 16.4. The lowest BCUT2D eigenvalue weighted by Crippen LogP contribution is -2.37. The van der Waals surface area contributed by atoms with Crippen molar-refractivity contribution >= 4 is 16.7 Å². The van der Waals surface area contributed by atoms with Crippen LogP contribution in [0.1, 0.15) is 63.0 Å². The summed E-state index contributed by atoms with van der Waals surface area (Å²) in [6, 6.07) is 6.16. The highest BCUT2D eigenvalue weighted by Gasteiger charge is 2.41. The first-order valence-electron chi connectivity index (χ1n) is 8.16. The van der Waals surface area contributed by atoms with Crippen molar-refractivity contribution in [2.45, 2.75) is 57.3 Å². The van der Waals surface area contributed by atoms with Crippen LogP contribution in [0.2, 0.25) is 0 Å². The van der Waals surface area contributed by atoms with E-state index in [0.29, 0.717) is 5.92 Å². The van der Waals surface area contributed by atoms with Crippen LogP contribution in [0.4, 0.5) is 0 Å². The third kappa shape index (κ3) is 2.39. The summed E-state index contributed by atoms with van der Waals surface area (Å²) in [5, 5.41) is 12.1. The average molecular weight is 297 g/mol. The van der Waals surface area contributed by atoms with Crippen LogP contribution in [0.25, 0.3) is 10.8 Å². The van der Waals surface area contributed by atoms with Gasteiger partial charge in [0, 0.05) is 17.8 Å². The first-order chi connectivity index (χ1) is 10.5. The number of rotatable bonds is 3. The van der Waals surface area contributed by atoms with Crippen molar-refractivity contribution in [3.63, 3.8) is 0 Å². The molecule has 0 aliphatic heterocycles. The van der Waals surface area contributed by atoms with Gasteiger partial charge in [0.05, 0.1) is 5.41 Å². The van der Waals surface area contributed by atoms with Gasteiger partial charge in [-0.05, 0) is 41.3 Å². The van der Waals surface area contributed by atoms with Crippen LogP contribution in [0, 0.1) is 0 Å². The number of carbonyl (C=O) groups is 1. The van der Waals surface area contributed by atoms with Crippen molar-refractivity contribution in [1.29, 1.82) is 0 Å². The molecule has 1 N–H and O–H groups in total. The zero-order chi connectivity index (χ0) is 15.7. The first-order valence-corrected chi connectivity index (χ1v) is 8.16. The fourth-order valence-electron chi connectivity index (χ4n) is 3.74. The number of fused-ring (bicyclic) bond motifs is 1. The summed E-state index contributed by atoms with van der Waals surface area (Å²) >= 11 is 0. The number of aliphatic carboxylic acids is 1. The molecular weight excluding hydrogens is 274 g/mol. The van der Waals surface area contributed by atoms with E-state index in [1.54, 1.807) is 0 Å². The van der Waals surface area contributed by atoms with E-state index in [2.05, 4.69) is 24.9 Å². The molecule has 22 heavy (non-hydrogen) atoms. The number of benzene rings is 1. The molecule has 1 aliphatic carbocycles. The Morgan fingerprint density at radius 1 is 1.18 bits per heavy atom. The van der Waals surface area contributed by atoms with Crippen molar-refractivity contribution in [3.05, 3.63) is 41.7 Å². The molecule has 0 unspecified atom stereocenters. The second kappa shape index (κ2) is 5.71. The van der Waals surface area contributed by atoms with Crippen molar-refractivity contribution in [1.82, 2.24) is 4.98 Å². The standard InChI is InChI=1S/C19H23NO2/c1-13(2)17-12-20-11-14-10-15(6-7-16(14)17)19(18(21)22)8-4-3-5-9-19/h6-7,10-13H,3-5,8-9H2,1-2H3,(H,21,22). The van der Waals surface area contributed by atoms with Gasteiger partial charge in [-0.3, -0.25) is 9.78 Å².